The third kappa shape index (κ3) is 7.89. The number of ether oxygens (including phenoxy) is 4. The van der Waals surface area contributed by atoms with Gasteiger partial charge in [-0.3, -0.25) is 0 Å². The van der Waals surface area contributed by atoms with Crippen molar-refractivity contribution in [3.05, 3.63) is 149 Å². The molecule has 5 aromatic rings. The monoisotopic (exact) mass is 624 g/mol. The van der Waals surface area contributed by atoms with E-state index in [1.54, 1.807) is 6.92 Å². The Morgan fingerprint density at radius 3 is 1.74 bits per heavy atom. The molecule has 0 N–H and O–H groups in total. The highest BCUT2D eigenvalue weighted by atomic mass is 16.6. The molecule has 1 aliphatic carbocycles. The first-order valence-electron chi connectivity index (χ1n) is 16.3. The van der Waals surface area contributed by atoms with Gasteiger partial charge in [0, 0.05) is 13.0 Å². The summed E-state index contributed by atoms with van der Waals surface area (Å²) in [7, 11) is 0. The first-order valence-corrected chi connectivity index (χ1v) is 16.3. The Hall–Kier alpha value is -4.97. The second kappa shape index (κ2) is 15.5. The summed E-state index contributed by atoms with van der Waals surface area (Å²) in [6.07, 6.45) is 3.98. The molecule has 1 atom stereocenters. The van der Waals surface area contributed by atoms with Gasteiger partial charge in [-0.1, -0.05) is 109 Å². The Bertz CT molecular complexity index is 1700. The van der Waals surface area contributed by atoms with Crippen molar-refractivity contribution >= 4 is 18.1 Å². The second-order valence-electron chi connectivity index (χ2n) is 11.4. The van der Waals surface area contributed by atoms with Crippen LogP contribution in [0.5, 0.6) is 5.75 Å². The maximum atomic E-state index is 12.3. The molecule has 47 heavy (non-hydrogen) atoms. The second-order valence-corrected chi connectivity index (χ2v) is 11.4. The first-order chi connectivity index (χ1) is 23.1. The van der Waals surface area contributed by atoms with Crippen molar-refractivity contribution in [2.75, 3.05) is 26.4 Å². The third-order valence-electron chi connectivity index (χ3n) is 8.29. The molecule has 0 radical (unpaired) electrons. The van der Waals surface area contributed by atoms with Crippen molar-refractivity contribution in [1.82, 2.24) is 0 Å². The van der Waals surface area contributed by atoms with Crippen molar-refractivity contribution in [2.24, 2.45) is 0 Å². The van der Waals surface area contributed by atoms with Gasteiger partial charge in [-0.05, 0) is 88.2 Å². The summed E-state index contributed by atoms with van der Waals surface area (Å²) in [5.41, 5.74) is 10.2. The quantitative estimate of drug-likeness (QED) is 0.0966. The van der Waals surface area contributed by atoms with Gasteiger partial charge in [-0.25, -0.2) is 4.79 Å². The first kappa shape index (κ1) is 32.0. The van der Waals surface area contributed by atoms with Crippen LogP contribution in [-0.2, 0) is 25.4 Å². The molecule has 1 unspecified atom stereocenters. The van der Waals surface area contributed by atoms with E-state index >= 15 is 0 Å². The SMILES string of the molecule is CCOC(=O)C(Cc1ccc(OCCOC2c3ccc(-c4ccccc4)cc3C=Cc3cc(-c4ccccc4)ccc32)cc1)OCC. The predicted molar refractivity (Wildman–Crippen MR) is 188 cm³/mol. The van der Waals surface area contributed by atoms with Crippen LogP contribution in [0.4, 0.5) is 0 Å². The molecule has 0 aliphatic heterocycles. The zero-order valence-electron chi connectivity index (χ0n) is 26.9. The number of rotatable bonds is 13. The summed E-state index contributed by atoms with van der Waals surface area (Å²) in [5, 5.41) is 0. The van der Waals surface area contributed by atoms with Crippen LogP contribution in [0.2, 0.25) is 0 Å². The van der Waals surface area contributed by atoms with Crippen molar-refractivity contribution in [3.63, 3.8) is 0 Å². The van der Waals surface area contributed by atoms with Gasteiger partial charge >= 0.3 is 5.97 Å². The van der Waals surface area contributed by atoms with Crippen LogP contribution in [0.1, 0.15) is 47.8 Å². The average molecular weight is 625 g/mol. The van der Waals surface area contributed by atoms with Crippen molar-refractivity contribution in [2.45, 2.75) is 32.5 Å². The third-order valence-corrected chi connectivity index (χ3v) is 8.29. The van der Waals surface area contributed by atoms with Gasteiger partial charge in [0.05, 0.1) is 13.2 Å². The number of hydrogen-bond acceptors (Lipinski definition) is 5. The highest BCUT2D eigenvalue weighted by Crippen LogP contribution is 2.39. The van der Waals surface area contributed by atoms with E-state index in [0.29, 0.717) is 32.8 Å². The normalized spacial score (nSPS) is 12.9. The van der Waals surface area contributed by atoms with E-state index in [9.17, 15) is 4.79 Å². The van der Waals surface area contributed by atoms with Gasteiger partial charge in [0.2, 0.25) is 0 Å². The number of carbonyl (C=O) groups is 1. The lowest BCUT2D eigenvalue weighted by Gasteiger charge is -2.22. The number of esters is 1. The summed E-state index contributed by atoms with van der Waals surface area (Å²) in [4.78, 5) is 12.3. The lowest BCUT2D eigenvalue weighted by molar-refractivity contribution is -0.156. The summed E-state index contributed by atoms with van der Waals surface area (Å²) in [6, 6.07) is 41.9. The van der Waals surface area contributed by atoms with E-state index in [1.807, 2.05) is 43.3 Å². The maximum Gasteiger partial charge on any atom is 0.335 e. The molecular weight excluding hydrogens is 584 g/mol. The van der Waals surface area contributed by atoms with E-state index in [-0.39, 0.29) is 12.1 Å². The predicted octanol–water partition coefficient (Wildman–Crippen LogP) is 9.20. The Balaban J connectivity index is 1.18. The molecule has 0 aromatic heterocycles. The summed E-state index contributed by atoms with van der Waals surface area (Å²) in [6.45, 7) is 5.24. The highest BCUT2D eigenvalue weighted by molar-refractivity contribution is 5.81. The minimum atomic E-state index is -0.618. The van der Waals surface area contributed by atoms with Gasteiger partial charge in [-0.2, -0.15) is 0 Å². The maximum absolute atomic E-state index is 12.3. The van der Waals surface area contributed by atoms with Crippen LogP contribution in [-0.4, -0.2) is 38.5 Å². The fourth-order valence-corrected chi connectivity index (χ4v) is 5.97. The molecule has 238 valence electrons. The van der Waals surface area contributed by atoms with Crippen LogP contribution < -0.4 is 4.74 Å². The highest BCUT2D eigenvalue weighted by Gasteiger charge is 2.24. The number of benzene rings is 5. The molecule has 0 saturated carbocycles. The van der Waals surface area contributed by atoms with Gasteiger partial charge in [0.25, 0.3) is 0 Å². The lowest BCUT2D eigenvalue weighted by Crippen LogP contribution is -2.28. The van der Waals surface area contributed by atoms with Crippen LogP contribution in [0.3, 0.4) is 0 Å². The van der Waals surface area contributed by atoms with E-state index < -0.39 is 6.10 Å². The molecule has 0 spiro atoms. The molecule has 0 bridgehead atoms. The minimum absolute atomic E-state index is 0.256. The zero-order valence-corrected chi connectivity index (χ0v) is 26.9. The van der Waals surface area contributed by atoms with Crippen molar-refractivity contribution in [3.8, 4) is 28.0 Å². The van der Waals surface area contributed by atoms with Crippen molar-refractivity contribution < 1.29 is 23.7 Å². The standard InChI is InChI=1S/C42H40O5/c1-3-44-40(42(43)45-4-2)27-30-15-21-37(22-16-30)46-25-26-47-41-38-23-19-33(31-11-7-5-8-12-31)28-35(38)17-18-36-29-34(20-24-39(36)41)32-13-9-6-10-14-32/h5-24,28-29,40-41H,3-4,25-27H2,1-2H3. The lowest BCUT2D eigenvalue weighted by atomic mass is 9.92. The summed E-state index contributed by atoms with van der Waals surface area (Å²) < 4.78 is 23.5. The van der Waals surface area contributed by atoms with Crippen molar-refractivity contribution in [1.29, 1.82) is 0 Å². The molecule has 0 fully saturated rings. The van der Waals surface area contributed by atoms with Gasteiger partial charge in [0.15, 0.2) is 6.10 Å². The van der Waals surface area contributed by atoms with Crippen LogP contribution >= 0.6 is 0 Å². The van der Waals surface area contributed by atoms with Gasteiger partial charge < -0.3 is 18.9 Å². The Morgan fingerprint density at radius 1 is 0.638 bits per heavy atom. The molecule has 5 aromatic carbocycles. The minimum Gasteiger partial charge on any atom is -0.491 e. The fourth-order valence-electron chi connectivity index (χ4n) is 5.97. The van der Waals surface area contributed by atoms with E-state index in [2.05, 4.69) is 97.1 Å². The smallest absolute Gasteiger partial charge is 0.335 e. The zero-order chi connectivity index (χ0) is 32.4. The van der Waals surface area contributed by atoms with Gasteiger partial charge in [0.1, 0.15) is 18.5 Å². The fraction of sp³-hybridized carbons (Fsp3) is 0.214. The average Bonchev–Trinajstić information content (AvgIpc) is 3.27. The molecule has 6 rings (SSSR count). The van der Waals surface area contributed by atoms with Crippen LogP contribution in [0.25, 0.3) is 34.4 Å². The molecule has 0 saturated heterocycles. The Labute approximate surface area is 277 Å². The van der Waals surface area contributed by atoms with Crippen LogP contribution in [0, 0.1) is 0 Å². The summed E-state index contributed by atoms with van der Waals surface area (Å²) >= 11 is 0. The number of hydrogen-bond donors (Lipinski definition) is 0. The molecular formula is C42H40O5. The largest absolute Gasteiger partial charge is 0.491 e. The number of carbonyl (C=O) groups excluding carboxylic acids is 1. The topological polar surface area (TPSA) is 54.0 Å². The van der Waals surface area contributed by atoms with Gasteiger partial charge in [-0.15, -0.1) is 0 Å². The van der Waals surface area contributed by atoms with E-state index in [0.717, 1.165) is 33.6 Å². The van der Waals surface area contributed by atoms with E-state index in [1.165, 1.54) is 22.3 Å². The molecule has 0 amide bonds. The molecule has 5 heteroatoms. The molecule has 1 aliphatic rings. The van der Waals surface area contributed by atoms with Crippen LogP contribution in [0.15, 0.2) is 121 Å². The van der Waals surface area contributed by atoms with E-state index in [4.69, 9.17) is 18.9 Å². The number of fused-ring (bicyclic) bond motifs is 2. The molecule has 5 nitrogen and oxygen atoms in total. The Morgan fingerprint density at radius 2 is 1.21 bits per heavy atom. The molecule has 0 heterocycles. The Kier molecular flexibility index (Phi) is 10.6. The summed E-state index contributed by atoms with van der Waals surface area (Å²) in [5.74, 6) is 0.404.